The molecule has 1 aromatic heterocycles. The van der Waals surface area contributed by atoms with Crippen LogP contribution in [-0.4, -0.2) is 24.2 Å². The van der Waals surface area contributed by atoms with Crippen LogP contribution in [0.25, 0.3) is 0 Å². The number of hydrogen-bond acceptors (Lipinski definition) is 4. The Balaban J connectivity index is 2.78. The first-order valence-corrected chi connectivity index (χ1v) is 5.07. The minimum absolute atomic E-state index is 0.143. The molecule has 1 aromatic rings. The van der Waals surface area contributed by atoms with Gasteiger partial charge in [-0.05, 0) is 19.9 Å². The van der Waals surface area contributed by atoms with E-state index in [0.717, 1.165) is 0 Å². The predicted molar refractivity (Wildman–Crippen MR) is 55.9 cm³/mol. The number of hydrogen-bond donors (Lipinski definition) is 0. The summed E-state index contributed by atoms with van der Waals surface area (Å²) in [6.45, 7) is 4.05. The summed E-state index contributed by atoms with van der Waals surface area (Å²) in [7, 11) is 0. The summed E-state index contributed by atoms with van der Waals surface area (Å²) in [5, 5.41) is 0. The molecule has 1 heterocycles. The molecule has 16 heavy (non-hydrogen) atoms. The lowest BCUT2D eigenvalue weighted by Crippen LogP contribution is -2.12. The lowest BCUT2D eigenvalue weighted by atomic mass is 10.2. The third-order valence-electron chi connectivity index (χ3n) is 1.83. The van der Waals surface area contributed by atoms with E-state index in [1.807, 2.05) is 6.92 Å². The van der Waals surface area contributed by atoms with E-state index in [2.05, 4.69) is 9.72 Å². The molecule has 88 valence electrons. The number of alkyl halides is 1. The number of ether oxygens (including phenoxy) is 2. The van der Waals surface area contributed by atoms with E-state index in [-0.39, 0.29) is 12.2 Å². The molecule has 0 aliphatic rings. The molecule has 0 N–H and O–H groups in total. The number of halogens is 1. The standard InChI is InChI=1S/C11H14FNO3/c1-3-15-9-5-8(6-13-7-9)10(12)11(14)16-4-2/h5-7,10H,3-4H2,1-2H3. The number of nitrogens with zero attached hydrogens (tertiary/aromatic N) is 1. The molecule has 0 aromatic carbocycles. The summed E-state index contributed by atoms with van der Waals surface area (Å²) in [6.07, 6.45) is 0.933. The van der Waals surface area contributed by atoms with Crippen LogP contribution in [0.1, 0.15) is 25.6 Å². The van der Waals surface area contributed by atoms with Gasteiger partial charge in [-0.1, -0.05) is 0 Å². The highest BCUT2D eigenvalue weighted by Gasteiger charge is 2.21. The molecule has 5 heteroatoms. The molecule has 0 spiro atoms. The first-order valence-electron chi connectivity index (χ1n) is 5.07. The normalized spacial score (nSPS) is 11.9. The van der Waals surface area contributed by atoms with Crippen LogP contribution in [-0.2, 0) is 9.53 Å². The number of esters is 1. The molecule has 0 aliphatic carbocycles. The Kier molecular flexibility index (Phi) is 4.69. The summed E-state index contributed by atoms with van der Waals surface area (Å²) < 4.78 is 23.3. The van der Waals surface area contributed by atoms with E-state index in [4.69, 9.17) is 4.74 Å². The van der Waals surface area contributed by atoms with Crippen LogP contribution in [0, 0.1) is 0 Å². The molecule has 0 bridgehead atoms. The average Bonchev–Trinajstić information content (AvgIpc) is 2.29. The van der Waals surface area contributed by atoms with Gasteiger partial charge in [0.2, 0.25) is 6.17 Å². The van der Waals surface area contributed by atoms with Crippen molar-refractivity contribution in [3.63, 3.8) is 0 Å². The molecule has 0 aliphatic heterocycles. The molecule has 1 unspecified atom stereocenters. The second kappa shape index (κ2) is 6.05. The lowest BCUT2D eigenvalue weighted by Gasteiger charge is -2.09. The van der Waals surface area contributed by atoms with Crippen LogP contribution in [0.2, 0.25) is 0 Å². The van der Waals surface area contributed by atoms with Crippen LogP contribution in [0.4, 0.5) is 4.39 Å². The maximum Gasteiger partial charge on any atom is 0.345 e. The summed E-state index contributed by atoms with van der Waals surface area (Å²) in [6, 6.07) is 1.44. The van der Waals surface area contributed by atoms with Crippen LogP contribution >= 0.6 is 0 Å². The van der Waals surface area contributed by atoms with Gasteiger partial charge >= 0.3 is 5.97 Å². The van der Waals surface area contributed by atoms with Crippen molar-refractivity contribution in [2.75, 3.05) is 13.2 Å². The third-order valence-corrected chi connectivity index (χ3v) is 1.83. The predicted octanol–water partition coefficient (Wildman–Crippen LogP) is 2.05. The fraction of sp³-hybridized carbons (Fsp3) is 0.455. The highest BCUT2D eigenvalue weighted by Crippen LogP contribution is 2.22. The zero-order chi connectivity index (χ0) is 12.0. The van der Waals surface area contributed by atoms with Crippen LogP contribution in [0.3, 0.4) is 0 Å². The summed E-state index contributed by atoms with van der Waals surface area (Å²) in [4.78, 5) is 14.9. The largest absolute Gasteiger partial charge is 0.492 e. The number of carbonyl (C=O) groups is 1. The Morgan fingerprint density at radius 3 is 2.81 bits per heavy atom. The van der Waals surface area contributed by atoms with Crippen LogP contribution in [0.5, 0.6) is 5.75 Å². The molecule has 1 atom stereocenters. The van der Waals surface area contributed by atoms with Gasteiger partial charge in [0, 0.05) is 11.8 Å². The second-order valence-corrected chi connectivity index (χ2v) is 3.00. The minimum Gasteiger partial charge on any atom is -0.492 e. The van der Waals surface area contributed by atoms with E-state index in [0.29, 0.717) is 12.4 Å². The molecule has 0 amide bonds. The van der Waals surface area contributed by atoms with Crippen LogP contribution < -0.4 is 4.74 Å². The van der Waals surface area contributed by atoms with Gasteiger partial charge in [-0.15, -0.1) is 0 Å². The van der Waals surface area contributed by atoms with Crippen molar-refractivity contribution in [2.24, 2.45) is 0 Å². The first kappa shape index (κ1) is 12.4. The van der Waals surface area contributed by atoms with E-state index in [1.165, 1.54) is 18.5 Å². The van der Waals surface area contributed by atoms with Crippen molar-refractivity contribution >= 4 is 5.97 Å². The Morgan fingerprint density at radius 2 is 2.19 bits per heavy atom. The minimum atomic E-state index is -1.81. The zero-order valence-corrected chi connectivity index (χ0v) is 9.27. The molecule has 0 saturated carbocycles. The smallest absolute Gasteiger partial charge is 0.345 e. The monoisotopic (exact) mass is 227 g/mol. The molecule has 0 saturated heterocycles. The van der Waals surface area contributed by atoms with Gasteiger partial charge in [0.15, 0.2) is 0 Å². The average molecular weight is 227 g/mol. The lowest BCUT2D eigenvalue weighted by molar-refractivity contribution is -0.149. The van der Waals surface area contributed by atoms with Gasteiger partial charge in [-0.25, -0.2) is 9.18 Å². The maximum absolute atomic E-state index is 13.6. The molecule has 0 radical (unpaired) electrons. The number of aromatic nitrogens is 1. The molecule has 0 fully saturated rings. The van der Waals surface area contributed by atoms with Gasteiger partial charge in [-0.2, -0.15) is 0 Å². The number of rotatable bonds is 5. The van der Waals surface area contributed by atoms with Gasteiger partial charge in [0.05, 0.1) is 19.4 Å². The number of pyridine rings is 1. The fourth-order valence-corrected chi connectivity index (χ4v) is 1.17. The van der Waals surface area contributed by atoms with E-state index in [1.54, 1.807) is 6.92 Å². The van der Waals surface area contributed by atoms with Crippen molar-refractivity contribution < 1.29 is 18.7 Å². The fourth-order valence-electron chi connectivity index (χ4n) is 1.17. The van der Waals surface area contributed by atoms with Gasteiger partial charge in [0.25, 0.3) is 0 Å². The Morgan fingerprint density at radius 1 is 1.44 bits per heavy atom. The highest BCUT2D eigenvalue weighted by atomic mass is 19.1. The first-order chi connectivity index (χ1) is 7.69. The zero-order valence-electron chi connectivity index (χ0n) is 9.27. The van der Waals surface area contributed by atoms with E-state index in [9.17, 15) is 9.18 Å². The van der Waals surface area contributed by atoms with Gasteiger partial charge in [0.1, 0.15) is 5.75 Å². The third kappa shape index (κ3) is 3.18. The van der Waals surface area contributed by atoms with Crippen molar-refractivity contribution in [2.45, 2.75) is 20.0 Å². The van der Waals surface area contributed by atoms with Crippen LogP contribution in [0.15, 0.2) is 18.5 Å². The van der Waals surface area contributed by atoms with Crippen molar-refractivity contribution in [1.29, 1.82) is 0 Å². The molecular weight excluding hydrogens is 213 g/mol. The number of carbonyl (C=O) groups excluding carboxylic acids is 1. The Bertz CT molecular complexity index is 357. The summed E-state index contributed by atoms with van der Waals surface area (Å²) in [5.41, 5.74) is 0.143. The van der Waals surface area contributed by atoms with E-state index >= 15 is 0 Å². The van der Waals surface area contributed by atoms with Crippen molar-refractivity contribution in [1.82, 2.24) is 4.98 Å². The summed E-state index contributed by atoms with van der Waals surface area (Å²) in [5.74, 6) is -0.468. The molecular formula is C11H14FNO3. The quantitative estimate of drug-likeness (QED) is 0.722. The van der Waals surface area contributed by atoms with Gasteiger partial charge in [-0.3, -0.25) is 4.98 Å². The molecule has 1 rings (SSSR count). The SMILES string of the molecule is CCOC(=O)C(F)c1cncc(OCC)c1. The van der Waals surface area contributed by atoms with Crippen molar-refractivity contribution in [3.8, 4) is 5.75 Å². The Hall–Kier alpha value is -1.65. The second-order valence-electron chi connectivity index (χ2n) is 3.00. The summed E-state index contributed by atoms with van der Waals surface area (Å²) >= 11 is 0. The van der Waals surface area contributed by atoms with Crippen molar-refractivity contribution in [3.05, 3.63) is 24.0 Å². The molecule has 4 nitrogen and oxygen atoms in total. The highest BCUT2D eigenvalue weighted by molar-refractivity contribution is 5.76. The maximum atomic E-state index is 13.6. The topological polar surface area (TPSA) is 48.4 Å². The Labute approximate surface area is 93.4 Å². The van der Waals surface area contributed by atoms with Gasteiger partial charge < -0.3 is 9.47 Å². The van der Waals surface area contributed by atoms with E-state index < -0.39 is 12.1 Å².